The first-order valence-electron chi connectivity index (χ1n) is 12.9. The zero-order valence-electron chi connectivity index (χ0n) is 23.0. The molecule has 1 fully saturated rings. The monoisotopic (exact) mass is 574 g/mol. The first kappa shape index (κ1) is 27.7. The van der Waals surface area contributed by atoms with Gasteiger partial charge < -0.3 is 24.7 Å². The van der Waals surface area contributed by atoms with E-state index in [0.29, 0.717) is 33.1 Å². The number of benzene rings is 2. The summed E-state index contributed by atoms with van der Waals surface area (Å²) in [7, 11) is 1.58. The highest BCUT2D eigenvalue weighted by Crippen LogP contribution is 2.45. The molecule has 7 nitrogen and oxygen atoms in total. The Morgan fingerprint density at radius 3 is 2.62 bits per heavy atom. The fourth-order valence-corrected chi connectivity index (χ4v) is 5.22. The predicted octanol–water partition coefficient (Wildman–Crippen LogP) is 7.47. The van der Waals surface area contributed by atoms with E-state index in [0.717, 1.165) is 22.5 Å². The smallest absolute Gasteiger partial charge is 0.229 e. The van der Waals surface area contributed by atoms with E-state index in [1.165, 1.54) is 0 Å². The maximum Gasteiger partial charge on any atom is 0.229 e. The number of anilines is 2. The topological polar surface area (TPSA) is 79.6 Å². The largest absolute Gasteiger partial charge is 0.494 e. The zero-order valence-corrected chi connectivity index (χ0v) is 24.6. The van der Waals surface area contributed by atoms with Crippen molar-refractivity contribution < 1.29 is 13.9 Å². The van der Waals surface area contributed by atoms with Crippen LogP contribution in [0.2, 0.25) is 5.02 Å². The third-order valence-corrected chi connectivity index (χ3v) is 7.67. The van der Waals surface area contributed by atoms with Crippen LogP contribution in [0.25, 0.3) is 11.3 Å². The summed E-state index contributed by atoms with van der Waals surface area (Å²) in [6.45, 7) is 7.56. The number of rotatable bonds is 6. The van der Waals surface area contributed by atoms with Gasteiger partial charge in [0.2, 0.25) is 5.91 Å². The van der Waals surface area contributed by atoms with Crippen molar-refractivity contribution in [1.29, 1.82) is 0 Å². The second kappa shape index (κ2) is 10.9. The Bertz CT molecular complexity index is 1560. The molecule has 0 radical (unpaired) electrons. The van der Waals surface area contributed by atoms with Gasteiger partial charge in [-0.25, -0.2) is 0 Å². The van der Waals surface area contributed by atoms with Gasteiger partial charge in [0.25, 0.3) is 0 Å². The molecule has 40 heavy (non-hydrogen) atoms. The molecule has 0 unspecified atom stereocenters. The first-order valence-corrected chi connectivity index (χ1v) is 13.7. The Kier molecular flexibility index (Phi) is 7.57. The van der Waals surface area contributed by atoms with Crippen LogP contribution in [0.3, 0.4) is 0 Å². The number of nitrogens with one attached hydrogen (secondary N) is 2. The Hall–Kier alpha value is -3.88. The van der Waals surface area contributed by atoms with Gasteiger partial charge in [-0.2, -0.15) is 0 Å². The molecule has 0 spiro atoms. The highest BCUT2D eigenvalue weighted by molar-refractivity contribution is 7.80. The maximum atomic E-state index is 12.7. The van der Waals surface area contributed by atoms with Crippen LogP contribution in [-0.2, 0) is 4.79 Å². The number of nitrogens with zero attached hydrogens (tertiary/aromatic N) is 2. The van der Waals surface area contributed by atoms with Crippen LogP contribution in [0.4, 0.5) is 11.4 Å². The standard InChI is InChI=1S/C31H31ClN4O3S/c1-18-20(9-8-10-21(18)32)24-14-15-25(39-24)28-27(23-11-6-7-16-33-23)35-30(40)36(28)19-12-13-22(26(17-19)38-5)34-29(37)31(2,3)4/h6-17,27-28H,1-5H3,(H,34,37)(H,35,40)/t27-,28+/m0/s1. The van der Waals surface area contributed by atoms with Crippen LogP contribution in [0, 0.1) is 12.3 Å². The third kappa shape index (κ3) is 5.29. The molecule has 2 aromatic heterocycles. The summed E-state index contributed by atoms with van der Waals surface area (Å²) in [5.41, 5.74) is 3.51. The average molecular weight is 575 g/mol. The van der Waals surface area contributed by atoms with Crippen LogP contribution in [0.15, 0.2) is 77.3 Å². The molecule has 2 atom stereocenters. The summed E-state index contributed by atoms with van der Waals surface area (Å²) >= 11 is 12.3. The number of carbonyl (C=O) groups is 1. The lowest BCUT2D eigenvalue weighted by atomic mass is 9.95. The quantitative estimate of drug-likeness (QED) is 0.231. The van der Waals surface area contributed by atoms with Gasteiger partial charge in [-0.15, -0.1) is 0 Å². The number of methoxy groups -OCH3 is 1. The average Bonchev–Trinajstić information content (AvgIpc) is 3.55. The Morgan fingerprint density at radius 2 is 1.93 bits per heavy atom. The first-order chi connectivity index (χ1) is 19.1. The predicted molar refractivity (Wildman–Crippen MR) is 163 cm³/mol. The van der Waals surface area contributed by atoms with Gasteiger partial charge in [0.1, 0.15) is 23.3 Å². The lowest BCUT2D eigenvalue weighted by Gasteiger charge is -2.27. The molecule has 9 heteroatoms. The SMILES string of the molecule is COc1cc(N2C(=S)N[C@@H](c3ccccn3)[C@H]2c2ccc(-c3cccc(Cl)c3C)o2)ccc1NC(=O)C(C)(C)C. The minimum Gasteiger partial charge on any atom is -0.494 e. The number of halogens is 1. The van der Waals surface area contributed by atoms with Crippen molar-refractivity contribution in [1.82, 2.24) is 10.3 Å². The van der Waals surface area contributed by atoms with E-state index in [-0.39, 0.29) is 18.0 Å². The second-order valence-corrected chi connectivity index (χ2v) is 11.5. The summed E-state index contributed by atoms with van der Waals surface area (Å²) in [5.74, 6) is 1.84. The lowest BCUT2D eigenvalue weighted by molar-refractivity contribution is -0.123. The molecule has 1 aliphatic rings. The summed E-state index contributed by atoms with van der Waals surface area (Å²) in [5, 5.41) is 7.61. The van der Waals surface area contributed by atoms with Crippen molar-refractivity contribution in [3.8, 4) is 17.1 Å². The van der Waals surface area contributed by atoms with E-state index in [2.05, 4.69) is 15.6 Å². The van der Waals surface area contributed by atoms with Gasteiger partial charge >= 0.3 is 0 Å². The van der Waals surface area contributed by atoms with Gasteiger partial charge in [0.05, 0.1) is 24.5 Å². The fourth-order valence-electron chi connectivity index (χ4n) is 4.70. The molecule has 0 bridgehead atoms. The number of carbonyl (C=O) groups excluding carboxylic acids is 1. The molecule has 2 aromatic carbocycles. The van der Waals surface area contributed by atoms with Gasteiger partial charge in [-0.1, -0.05) is 50.6 Å². The maximum absolute atomic E-state index is 12.7. The highest BCUT2D eigenvalue weighted by atomic mass is 35.5. The number of aromatic nitrogens is 1. The summed E-state index contributed by atoms with van der Waals surface area (Å²) in [6, 6.07) is 20.5. The Morgan fingerprint density at radius 1 is 1.12 bits per heavy atom. The Balaban J connectivity index is 1.57. The van der Waals surface area contributed by atoms with Crippen molar-refractivity contribution in [2.45, 2.75) is 39.8 Å². The number of pyridine rings is 1. The fraction of sp³-hybridized carbons (Fsp3) is 0.258. The summed E-state index contributed by atoms with van der Waals surface area (Å²) < 4.78 is 12.2. The number of furan rings is 1. The molecule has 2 N–H and O–H groups in total. The van der Waals surface area contributed by atoms with E-state index in [9.17, 15) is 4.79 Å². The molecule has 4 aromatic rings. The van der Waals surface area contributed by atoms with E-state index in [1.54, 1.807) is 13.3 Å². The minimum absolute atomic E-state index is 0.107. The van der Waals surface area contributed by atoms with Gasteiger partial charge in [0, 0.05) is 34.0 Å². The molecule has 1 aliphatic heterocycles. The molecular formula is C31H31ClN4O3S. The van der Waals surface area contributed by atoms with Crippen LogP contribution < -0.4 is 20.3 Å². The van der Waals surface area contributed by atoms with E-state index < -0.39 is 5.41 Å². The Labute approximate surface area is 244 Å². The van der Waals surface area contributed by atoms with Crippen molar-refractivity contribution in [3.05, 3.63) is 95.0 Å². The van der Waals surface area contributed by atoms with Crippen LogP contribution in [-0.4, -0.2) is 23.1 Å². The normalized spacial score (nSPS) is 17.1. The van der Waals surface area contributed by atoms with Gasteiger partial charge in [-0.3, -0.25) is 9.78 Å². The molecule has 1 saturated heterocycles. The summed E-state index contributed by atoms with van der Waals surface area (Å²) in [6.07, 6.45) is 1.76. The molecule has 1 amide bonds. The number of thiocarbonyl (C=S) groups is 1. The van der Waals surface area contributed by atoms with E-state index >= 15 is 0 Å². The lowest BCUT2D eigenvalue weighted by Crippen LogP contribution is -2.30. The van der Waals surface area contributed by atoms with Crippen molar-refractivity contribution in [3.63, 3.8) is 0 Å². The van der Waals surface area contributed by atoms with Gasteiger partial charge in [0.15, 0.2) is 5.11 Å². The molecular weight excluding hydrogens is 544 g/mol. The molecule has 0 aliphatic carbocycles. The third-order valence-electron chi connectivity index (χ3n) is 6.94. The van der Waals surface area contributed by atoms with E-state index in [4.69, 9.17) is 33.0 Å². The van der Waals surface area contributed by atoms with Crippen LogP contribution in [0.5, 0.6) is 5.75 Å². The number of hydrogen-bond donors (Lipinski definition) is 2. The zero-order chi connectivity index (χ0) is 28.6. The van der Waals surface area contributed by atoms with Crippen molar-refractivity contribution in [2.75, 3.05) is 17.3 Å². The summed E-state index contributed by atoms with van der Waals surface area (Å²) in [4.78, 5) is 19.3. The van der Waals surface area contributed by atoms with Crippen molar-refractivity contribution >= 4 is 46.2 Å². The van der Waals surface area contributed by atoms with Crippen LogP contribution >= 0.6 is 23.8 Å². The molecule has 0 saturated carbocycles. The number of amides is 1. The highest BCUT2D eigenvalue weighted by Gasteiger charge is 2.43. The van der Waals surface area contributed by atoms with Crippen molar-refractivity contribution in [2.24, 2.45) is 5.41 Å². The van der Waals surface area contributed by atoms with Gasteiger partial charge in [-0.05, 0) is 67.2 Å². The minimum atomic E-state index is -0.552. The van der Waals surface area contributed by atoms with E-state index in [1.807, 2.05) is 99.3 Å². The number of ether oxygens (including phenoxy) is 1. The molecule has 5 rings (SSSR count). The number of hydrogen-bond acceptors (Lipinski definition) is 5. The van der Waals surface area contributed by atoms with Crippen LogP contribution in [0.1, 0.15) is 49.9 Å². The molecule has 3 heterocycles. The molecule has 206 valence electrons. The second-order valence-electron chi connectivity index (χ2n) is 10.7.